The Morgan fingerprint density at radius 1 is 0.947 bits per heavy atom. The molecule has 1 aromatic rings. The molecule has 1 nitrogen and oxygen atoms in total. The average Bonchev–Trinajstić information content (AvgIpc) is 2.41. The second-order valence-corrected chi connectivity index (χ2v) is 6.50. The van der Waals surface area contributed by atoms with Gasteiger partial charge in [-0.2, -0.15) is 0 Å². The van der Waals surface area contributed by atoms with E-state index >= 15 is 0 Å². The van der Waals surface area contributed by atoms with Crippen molar-refractivity contribution >= 4 is 29.1 Å². The summed E-state index contributed by atoms with van der Waals surface area (Å²) < 4.78 is 0. The zero-order valence-electron chi connectivity index (χ0n) is 11.0. The molecule has 1 aliphatic rings. The quantitative estimate of drug-likeness (QED) is 0.703. The van der Waals surface area contributed by atoms with Crippen molar-refractivity contribution in [3.05, 3.63) is 40.3 Å². The highest BCUT2D eigenvalue weighted by Gasteiger charge is 2.07. The molecule has 0 aromatic heterocycles. The van der Waals surface area contributed by atoms with Gasteiger partial charge in [0.15, 0.2) is 0 Å². The van der Waals surface area contributed by atoms with Gasteiger partial charge >= 0.3 is 0 Å². The Morgan fingerprint density at radius 3 is 2.42 bits per heavy atom. The van der Waals surface area contributed by atoms with Crippen LogP contribution in [0.4, 0.5) is 0 Å². The summed E-state index contributed by atoms with van der Waals surface area (Å²) in [6.45, 7) is 0. The highest BCUT2D eigenvalue weighted by molar-refractivity contribution is 8.03. The summed E-state index contributed by atoms with van der Waals surface area (Å²) in [5, 5.41) is 0.780. The number of halogens is 1. The maximum atomic E-state index is 11.5. The number of carbonyl (C=O) groups excluding carboxylic acids is 1. The van der Waals surface area contributed by atoms with Crippen LogP contribution in [-0.2, 0) is 4.79 Å². The monoisotopic (exact) mass is 294 g/mol. The van der Waals surface area contributed by atoms with Crippen molar-refractivity contribution in [2.24, 2.45) is 0 Å². The van der Waals surface area contributed by atoms with Crippen LogP contribution in [0.1, 0.15) is 44.9 Å². The molecule has 0 amide bonds. The van der Waals surface area contributed by atoms with Gasteiger partial charge in [-0.1, -0.05) is 29.4 Å². The second-order valence-electron chi connectivity index (χ2n) is 4.86. The smallest absolute Gasteiger partial charge is 0.132 e. The van der Waals surface area contributed by atoms with Gasteiger partial charge in [-0.15, -0.1) is 0 Å². The van der Waals surface area contributed by atoms with Gasteiger partial charge in [-0.05, 0) is 61.3 Å². The van der Waals surface area contributed by atoms with E-state index in [1.54, 1.807) is 0 Å². The van der Waals surface area contributed by atoms with Crippen molar-refractivity contribution in [1.82, 2.24) is 0 Å². The number of hydrogen-bond donors (Lipinski definition) is 0. The number of ketones is 1. The molecule has 1 aromatic carbocycles. The average molecular weight is 295 g/mol. The number of rotatable bonds is 2. The number of carbonyl (C=O) groups is 1. The fourth-order valence-electron chi connectivity index (χ4n) is 2.16. The zero-order chi connectivity index (χ0) is 13.5. The molecule has 0 atom stereocenters. The molecule has 0 radical (unpaired) electrons. The molecular weight excluding hydrogens is 276 g/mol. The van der Waals surface area contributed by atoms with Crippen LogP contribution in [0.3, 0.4) is 0 Å². The van der Waals surface area contributed by atoms with E-state index < -0.39 is 0 Å². The second kappa shape index (κ2) is 7.76. The van der Waals surface area contributed by atoms with Crippen molar-refractivity contribution < 1.29 is 4.79 Å². The summed E-state index contributed by atoms with van der Waals surface area (Å²) in [7, 11) is 0. The highest BCUT2D eigenvalue weighted by atomic mass is 35.5. The number of benzene rings is 1. The molecule has 102 valence electrons. The first-order valence-electron chi connectivity index (χ1n) is 6.88. The lowest BCUT2D eigenvalue weighted by atomic mass is 10.0. The van der Waals surface area contributed by atoms with E-state index in [2.05, 4.69) is 18.2 Å². The first-order chi connectivity index (χ1) is 9.24. The predicted octanol–water partition coefficient (Wildman–Crippen LogP) is 5.63. The number of hydrogen-bond acceptors (Lipinski definition) is 2. The van der Waals surface area contributed by atoms with Crippen molar-refractivity contribution in [2.75, 3.05) is 0 Å². The minimum atomic E-state index is 0.433. The first-order valence-corrected chi connectivity index (χ1v) is 8.07. The Balaban J connectivity index is 1.96. The van der Waals surface area contributed by atoms with Gasteiger partial charge in [-0.25, -0.2) is 0 Å². The van der Waals surface area contributed by atoms with E-state index in [9.17, 15) is 4.79 Å². The van der Waals surface area contributed by atoms with Crippen LogP contribution in [0.15, 0.2) is 40.1 Å². The topological polar surface area (TPSA) is 17.1 Å². The van der Waals surface area contributed by atoms with Crippen molar-refractivity contribution in [3.63, 3.8) is 0 Å². The highest BCUT2D eigenvalue weighted by Crippen LogP contribution is 2.32. The third-order valence-electron chi connectivity index (χ3n) is 3.22. The summed E-state index contributed by atoms with van der Waals surface area (Å²) in [6, 6.07) is 8.00. The van der Waals surface area contributed by atoms with Gasteiger partial charge in [0.1, 0.15) is 5.78 Å². The molecular formula is C16H19ClOS. The van der Waals surface area contributed by atoms with Crippen LogP contribution in [0.25, 0.3) is 0 Å². The minimum Gasteiger partial charge on any atom is -0.300 e. The number of allylic oxidation sites excluding steroid dienone is 2. The Kier molecular flexibility index (Phi) is 5.99. The van der Waals surface area contributed by atoms with E-state index in [0.717, 1.165) is 50.0 Å². The maximum absolute atomic E-state index is 11.5. The van der Waals surface area contributed by atoms with E-state index in [4.69, 9.17) is 11.6 Å². The molecule has 3 heteroatoms. The Labute approximate surface area is 124 Å². The third kappa shape index (κ3) is 5.42. The molecule has 0 spiro atoms. The zero-order valence-corrected chi connectivity index (χ0v) is 12.6. The lowest BCUT2D eigenvalue weighted by molar-refractivity contribution is -0.119. The molecule has 0 saturated carbocycles. The molecule has 0 N–H and O–H groups in total. The van der Waals surface area contributed by atoms with Gasteiger partial charge in [0, 0.05) is 22.8 Å². The molecule has 0 saturated heterocycles. The summed E-state index contributed by atoms with van der Waals surface area (Å²) in [4.78, 5) is 14.1. The van der Waals surface area contributed by atoms with Gasteiger partial charge in [0.05, 0.1) is 0 Å². The Hall–Kier alpha value is -0.730. The fourth-order valence-corrected chi connectivity index (χ4v) is 3.31. The summed E-state index contributed by atoms with van der Waals surface area (Å²) in [6.07, 6.45) is 9.04. The maximum Gasteiger partial charge on any atom is 0.132 e. The summed E-state index contributed by atoms with van der Waals surface area (Å²) in [5.41, 5.74) is 0. The predicted molar refractivity (Wildman–Crippen MR) is 82.7 cm³/mol. The van der Waals surface area contributed by atoms with Gasteiger partial charge in [-0.3, -0.25) is 4.79 Å². The van der Waals surface area contributed by atoms with E-state index in [0.29, 0.717) is 5.78 Å². The Bertz CT molecular complexity index is 450. The van der Waals surface area contributed by atoms with Crippen molar-refractivity contribution in [2.45, 2.75) is 49.8 Å². The van der Waals surface area contributed by atoms with Crippen LogP contribution in [0, 0.1) is 0 Å². The minimum absolute atomic E-state index is 0.433. The van der Waals surface area contributed by atoms with E-state index in [-0.39, 0.29) is 0 Å². The largest absolute Gasteiger partial charge is 0.300 e. The lowest BCUT2D eigenvalue weighted by Gasteiger charge is -2.10. The van der Waals surface area contributed by atoms with Gasteiger partial charge in [0.25, 0.3) is 0 Å². The SMILES string of the molecule is O=C1CCC/C=C(/Sc2ccc(Cl)cc2)CCCC1. The van der Waals surface area contributed by atoms with Crippen LogP contribution in [0.5, 0.6) is 0 Å². The molecule has 1 aliphatic carbocycles. The van der Waals surface area contributed by atoms with Crippen LogP contribution in [0.2, 0.25) is 5.02 Å². The molecule has 0 bridgehead atoms. The van der Waals surface area contributed by atoms with Gasteiger partial charge < -0.3 is 0 Å². The van der Waals surface area contributed by atoms with Crippen molar-refractivity contribution in [3.8, 4) is 0 Å². The van der Waals surface area contributed by atoms with Gasteiger partial charge in [0.2, 0.25) is 0 Å². The van der Waals surface area contributed by atoms with E-state index in [1.807, 2.05) is 23.9 Å². The number of Topliss-reactive ketones (excluding diaryl/α,β-unsaturated/α-hetero) is 1. The van der Waals surface area contributed by atoms with E-state index in [1.165, 1.54) is 9.80 Å². The molecule has 0 aliphatic heterocycles. The Morgan fingerprint density at radius 2 is 1.63 bits per heavy atom. The van der Waals surface area contributed by atoms with Crippen molar-refractivity contribution in [1.29, 1.82) is 0 Å². The number of thioether (sulfide) groups is 1. The first kappa shape index (κ1) is 14.7. The van der Waals surface area contributed by atoms with Crippen LogP contribution in [-0.4, -0.2) is 5.78 Å². The molecule has 19 heavy (non-hydrogen) atoms. The van der Waals surface area contributed by atoms with Crippen LogP contribution < -0.4 is 0 Å². The normalized spacial score (nSPS) is 20.7. The molecule has 2 rings (SSSR count). The molecule has 0 fully saturated rings. The standard InChI is InChI=1S/C16H19ClOS/c17-13-9-11-16(12-10-13)19-15-7-3-1-5-14(18)6-2-4-8-15/h7,9-12H,1-6,8H2/b15-7+. The lowest BCUT2D eigenvalue weighted by Crippen LogP contribution is -1.98. The fraction of sp³-hybridized carbons (Fsp3) is 0.438. The van der Waals surface area contributed by atoms with Crippen LogP contribution >= 0.6 is 23.4 Å². The molecule has 0 unspecified atom stereocenters. The summed E-state index contributed by atoms with van der Waals surface area (Å²) in [5.74, 6) is 0.433. The molecule has 0 heterocycles. The summed E-state index contributed by atoms with van der Waals surface area (Å²) >= 11 is 7.73. The third-order valence-corrected chi connectivity index (χ3v) is 4.62.